The molecular weight excluding hydrogens is 279 g/mol. The molecule has 0 aliphatic heterocycles. The zero-order valence-corrected chi connectivity index (χ0v) is 12.1. The lowest BCUT2D eigenvalue weighted by atomic mass is 10.2. The van der Waals surface area contributed by atoms with Gasteiger partial charge in [0.15, 0.2) is 11.6 Å². The van der Waals surface area contributed by atoms with Crippen LogP contribution in [0, 0.1) is 5.82 Å². The van der Waals surface area contributed by atoms with Gasteiger partial charge in [-0.25, -0.2) is 9.37 Å². The molecule has 0 spiro atoms. The van der Waals surface area contributed by atoms with Gasteiger partial charge in [-0.15, -0.1) is 0 Å². The molecule has 0 radical (unpaired) electrons. The van der Waals surface area contributed by atoms with Gasteiger partial charge in [0.25, 0.3) is 0 Å². The van der Waals surface area contributed by atoms with Gasteiger partial charge in [0.2, 0.25) is 0 Å². The lowest BCUT2D eigenvalue weighted by molar-refractivity contribution is 0.243. The Morgan fingerprint density at radius 1 is 1.35 bits per heavy atom. The Hall–Kier alpha value is -1.81. The van der Waals surface area contributed by atoms with Crippen molar-refractivity contribution in [2.24, 2.45) is 0 Å². The van der Waals surface area contributed by atoms with Crippen LogP contribution < -0.4 is 10.1 Å². The highest BCUT2D eigenvalue weighted by Gasteiger charge is 2.07. The summed E-state index contributed by atoms with van der Waals surface area (Å²) < 4.78 is 18.8. The van der Waals surface area contributed by atoms with E-state index in [2.05, 4.69) is 10.3 Å². The van der Waals surface area contributed by atoms with E-state index in [9.17, 15) is 4.39 Å². The van der Waals surface area contributed by atoms with Crippen molar-refractivity contribution < 1.29 is 9.13 Å². The van der Waals surface area contributed by atoms with Crippen molar-refractivity contribution >= 4 is 17.4 Å². The molecule has 1 aromatic heterocycles. The number of benzene rings is 1. The van der Waals surface area contributed by atoms with Crippen molar-refractivity contribution in [3.63, 3.8) is 0 Å². The fourth-order valence-electron chi connectivity index (χ4n) is 1.71. The van der Waals surface area contributed by atoms with Crippen LogP contribution in [0.4, 0.5) is 10.2 Å². The smallest absolute Gasteiger partial charge is 0.169 e. The third kappa shape index (κ3) is 3.84. The standard InChI is InChI=1S/C15H16ClFN2O/c1-10(2)20-14-4-3-7-18-15(14)19-9-11-5-6-13(17)12(16)8-11/h3-8,10H,9H2,1-2H3,(H,18,19). The van der Waals surface area contributed by atoms with Crippen LogP contribution in [0.1, 0.15) is 19.4 Å². The number of rotatable bonds is 5. The maximum Gasteiger partial charge on any atom is 0.169 e. The zero-order valence-electron chi connectivity index (χ0n) is 11.4. The lowest BCUT2D eigenvalue weighted by Gasteiger charge is -2.14. The van der Waals surface area contributed by atoms with E-state index in [4.69, 9.17) is 16.3 Å². The quantitative estimate of drug-likeness (QED) is 0.894. The van der Waals surface area contributed by atoms with Crippen LogP contribution in [0.5, 0.6) is 5.75 Å². The van der Waals surface area contributed by atoms with E-state index >= 15 is 0 Å². The molecule has 0 unspecified atom stereocenters. The molecule has 3 nitrogen and oxygen atoms in total. The maximum atomic E-state index is 13.1. The zero-order chi connectivity index (χ0) is 14.5. The minimum atomic E-state index is -0.419. The first-order valence-electron chi connectivity index (χ1n) is 6.35. The Bertz CT molecular complexity index is 590. The highest BCUT2D eigenvalue weighted by Crippen LogP contribution is 2.23. The molecule has 1 heterocycles. The molecular formula is C15H16ClFN2O. The largest absolute Gasteiger partial charge is 0.487 e. The maximum absolute atomic E-state index is 13.1. The summed E-state index contributed by atoms with van der Waals surface area (Å²) in [6.45, 7) is 4.40. The summed E-state index contributed by atoms with van der Waals surface area (Å²) in [6, 6.07) is 8.30. The van der Waals surface area contributed by atoms with Gasteiger partial charge in [-0.2, -0.15) is 0 Å². The van der Waals surface area contributed by atoms with Crippen molar-refractivity contribution in [2.75, 3.05) is 5.32 Å². The van der Waals surface area contributed by atoms with E-state index in [1.165, 1.54) is 6.07 Å². The summed E-state index contributed by atoms with van der Waals surface area (Å²) in [7, 11) is 0. The molecule has 0 aliphatic rings. The van der Waals surface area contributed by atoms with E-state index < -0.39 is 5.82 Å². The van der Waals surface area contributed by atoms with E-state index in [1.54, 1.807) is 18.3 Å². The van der Waals surface area contributed by atoms with Gasteiger partial charge in [0, 0.05) is 12.7 Å². The van der Waals surface area contributed by atoms with Gasteiger partial charge in [-0.3, -0.25) is 0 Å². The Morgan fingerprint density at radius 3 is 2.85 bits per heavy atom. The van der Waals surface area contributed by atoms with Crippen molar-refractivity contribution in [3.05, 3.63) is 52.9 Å². The van der Waals surface area contributed by atoms with Gasteiger partial charge in [-0.05, 0) is 43.7 Å². The average molecular weight is 295 g/mol. The molecule has 2 aromatic rings. The van der Waals surface area contributed by atoms with Crippen LogP contribution in [0.3, 0.4) is 0 Å². The van der Waals surface area contributed by atoms with E-state index in [0.29, 0.717) is 18.1 Å². The van der Waals surface area contributed by atoms with Crippen LogP contribution >= 0.6 is 11.6 Å². The summed E-state index contributed by atoms with van der Waals surface area (Å²) in [5.41, 5.74) is 0.873. The molecule has 0 atom stereocenters. The van der Waals surface area contributed by atoms with Crippen LogP contribution in [0.2, 0.25) is 5.02 Å². The topological polar surface area (TPSA) is 34.1 Å². The third-order valence-electron chi connectivity index (χ3n) is 2.58. The Kier molecular flexibility index (Phi) is 4.79. The second-order valence-electron chi connectivity index (χ2n) is 4.62. The van der Waals surface area contributed by atoms with Crippen LogP contribution in [-0.2, 0) is 6.54 Å². The minimum Gasteiger partial charge on any atom is -0.487 e. The minimum absolute atomic E-state index is 0.0695. The fraction of sp³-hybridized carbons (Fsp3) is 0.267. The number of anilines is 1. The summed E-state index contributed by atoms with van der Waals surface area (Å²) in [5.74, 6) is 0.925. The van der Waals surface area contributed by atoms with Gasteiger partial charge < -0.3 is 10.1 Å². The molecule has 5 heteroatoms. The average Bonchev–Trinajstić information content (AvgIpc) is 2.41. The van der Waals surface area contributed by atoms with Crippen molar-refractivity contribution in [1.29, 1.82) is 0 Å². The van der Waals surface area contributed by atoms with Gasteiger partial charge >= 0.3 is 0 Å². The first-order chi connectivity index (χ1) is 9.56. The molecule has 0 aliphatic carbocycles. The molecule has 1 aromatic carbocycles. The van der Waals surface area contributed by atoms with Gasteiger partial charge in [-0.1, -0.05) is 17.7 Å². The molecule has 0 bridgehead atoms. The van der Waals surface area contributed by atoms with Crippen molar-refractivity contribution in [3.8, 4) is 5.75 Å². The second-order valence-corrected chi connectivity index (χ2v) is 5.03. The Morgan fingerprint density at radius 2 is 2.15 bits per heavy atom. The first-order valence-corrected chi connectivity index (χ1v) is 6.73. The van der Waals surface area contributed by atoms with Crippen molar-refractivity contribution in [2.45, 2.75) is 26.5 Å². The molecule has 0 saturated carbocycles. The molecule has 0 amide bonds. The van der Waals surface area contributed by atoms with Gasteiger partial charge in [0.1, 0.15) is 5.82 Å². The molecule has 2 rings (SSSR count). The highest BCUT2D eigenvalue weighted by atomic mass is 35.5. The molecule has 106 valence electrons. The van der Waals surface area contributed by atoms with E-state index in [1.807, 2.05) is 26.0 Å². The second kappa shape index (κ2) is 6.57. The molecule has 0 saturated heterocycles. The summed E-state index contributed by atoms with van der Waals surface area (Å²) >= 11 is 5.75. The SMILES string of the molecule is CC(C)Oc1cccnc1NCc1ccc(F)c(Cl)c1. The normalized spacial score (nSPS) is 10.7. The van der Waals surface area contributed by atoms with Crippen LogP contribution in [-0.4, -0.2) is 11.1 Å². The monoisotopic (exact) mass is 294 g/mol. The molecule has 20 heavy (non-hydrogen) atoms. The predicted molar refractivity (Wildman–Crippen MR) is 78.7 cm³/mol. The summed E-state index contributed by atoms with van der Waals surface area (Å²) in [6.07, 6.45) is 1.76. The summed E-state index contributed by atoms with van der Waals surface area (Å²) in [4.78, 5) is 4.24. The number of nitrogens with zero attached hydrogens (tertiary/aromatic N) is 1. The van der Waals surface area contributed by atoms with Gasteiger partial charge in [0.05, 0.1) is 11.1 Å². The number of hydrogen-bond acceptors (Lipinski definition) is 3. The third-order valence-corrected chi connectivity index (χ3v) is 2.87. The number of pyridine rings is 1. The number of nitrogens with one attached hydrogen (secondary N) is 1. The van der Waals surface area contributed by atoms with E-state index in [-0.39, 0.29) is 11.1 Å². The molecule has 1 N–H and O–H groups in total. The fourth-order valence-corrected chi connectivity index (χ4v) is 1.91. The Balaban J connectivity index is 2.08. The van der Waals surface area contributed by atoms with Crippen LogP contribution in [0.15, 0.2) is 36.5 Å². The molecule has 0 fully saturated rings. The Labute approximate surface area is 122 Å². The number of halogens is 2. The van der Waals surface area contributed by atoms with E-state index in [0.717, 1.165) is 5.56 Å². The number of ether oxygens (including phenoxy) is 1. The number of aromatic nitrogens is 1. The van der Waals surface area contributed by atoms with Crippen LogP contribution in [0.25, 0.3) is 0 Å². The predicted octanol–water partition coefficient (Wildman–Crippen LogP) is 4.27. The first kappa shape index (κ1) is 14.6. The number of hydrogen-bond donors (Lipinski definition) is 1. The van der Waals surface area contributed by atoms with Crippen molar-refractivity contribution in [1.82, 2.24) is 4.98 Å². The summed E-state index contributed by atoms with van der Waals surface area (Å²) in [5, 5.41) is 3.28. The highest BCUT2D eigenvalue weighted by molar-refractivity contribution is 6.30. The lowest BCUT2D eigenvalue weighted by Crippen LogP contribution is -2.09.